The van der Waals surface area contributed by atoms with Crippen molar-refractivity contribution in [3.05, 3.63) is 63.5 Å². The molecule has 0 unspecified atom stereocenters. The first-order chi connectivity index (χ1) is 13.2. The van der Waals surface area contributed by atoms with Crippen LogP contribution in [0.2, 0.25) is 0 Å². The molecule has 3 atom stereocenters. The molecule has 0 aliphatic carbocycles. The van der Waals surface area contributed by atoms with Crippen molar-refractivity contribution in [3.8, 4) is 0 Å². The maximum Gasteiger partial charge on any atom is 0.410 e. The van der Waals surface area contributed by atoms with Gasteiger partial charge in [-0.2, -0.15) is 0 Å². The fourth-order valence-electron chi connectivity index (χ4n) is 3.69. The third-order valence-corrected chi connectivity index (χ3v) is 5.64. The van der Waals surface area contributed by atoms with Crippen LogP contribution in [0.15, 0.2) is 48.8 Å². The zero-order valence-electron chi connectivity index (χ0n) is 16.5. The predicted molar refractivity (Wildman–Crippen MR) is 117 cm³/mol. The molecule has 0 spiro atoms. The number of carbonyl (C=O) groups is 1. The number of benzene rings is 1. The molecule has 2 heterocycles. The van der Waals surface area contributed by atoms with E-state index in [2.05, 4.69) is 51.8 Å². The lowest BCUT2D eigenvalue weighted by atomic mass is 10.0. The van der Waals surface area contributed by atoms with Gasteiger partial charge in [0.15, 0.2) is 0 Å². The number of aromatic nitrogens is 1. The molecule has 1 amide bonds. The molecular formula is C22H27IN2O3. The Kier molecular flexibility index (Phi) is 6.60. The molecule has 5 nitrogen and oxygen atoms in total. The fraction of sp³-hybridized carbons (Fsp3) is 0.455. The predicted octanol–water partition coefficient (Wildman–Crippen LogP) is 4.73. The van der Waals surface area contributed by atoms with Gasteiger partial charge in [0, 0.05) is 27.6 Å². The average molecular weight is 494 g/mol. The van der Waals surface area contributed by atoms with E-state index in [-0.39, 0.29) is 18.2 Å². The largest absolute Gasteiger partial charge is 0.444 e. The third kappa shape index (κ3) is 5.23. The number of hydrogen-bond donors (Lipinski definition) is 1. The van der Waals surface area contributed by atoms with Gasteiger partial charge in [-0.3, -0.25) is 9.88 Å². The Morgan fingerprint density at radius 2 is 2.00 bits per heavy atom. The molecule has 3 rings (SSSR count). The minimum Gasteiger partial charge on any atom is -0.444 e. The number of nitrogens with zero attached hydrogens (tertiary/aromatic N) is 2. The van der Waals surface area contributed by atoms with Crippen LogP contribution < -0.4 is 0 Å². The van der Waals surface area contributed by atoms with Gasteiger partial charge in [-0.25, -0.2) is 4.79 Å². The highest BCUT2D eigenvalue weighted by atomic mass is 127. The number of ether oxygens (including phenoxy) is 1. The molecule has 28 heavy (non-hydrogen) atoms. The van der Waals surface area contributed by atoms with E-state index in [0.717, 1.165) is 24.8 Å². The normalized spacial score (nSPS) is 20.8. The van der Waals surface area contributed by atoms with Crippen molar-refractivity contribution in [2.24, 2.45) is 0 Å². The summed E-state index contributed by atoms with van der Waals surface area (Å²) in [5.41, 5.74) is 1.31. The molecule has 0 bridgehead atoms. The summed E-state index contributed by atoms with van der Waals surface area (Å²) >= 11 is 2.29. The quantitative estimate of drug-likeness (QED) is 0.625. The third-order valence-electron chi connectivity index (χ3n) is 4.93. The summed E-state index contributed by atoms with van der Waals surface area (Å²) in [6, 6.07) is 11.7. The smallest absolute Gasteiger partial charge is 0.410 e. The van der Waals surface area contributed by atoms with Gasteiger partial charge in [-0.1, -0.05) is 18.2 Å². The van der Waals surface area contributed by atoms with Crippen molar-refractivity contribution in [1.29, 1.82) is 0 Å². The van der Waals surface area contributed by atoms with E-state index >= 15 is 0 Å². The number of pyridine rings is 1. The number of likely N-dealkylation sites (tertiary alicyclic amines) is 1. The van der Waals surface area contributed by atoms with Gasteiger partial charge >= 0.3 is 6.09 Å². The van der Waals surface area contributed by atoms with Crippen LogP contribution in [0.25, 0.3) is 0 Å². The van der Waals surface area contributed by atoms with E-state index in [9.17, 15) is 9.90 Å². The van der Waals surface area contributed by atoms with Crippen molar-refractivity contribution < 1.29 is 14.6 Å². The molecule has 1 saturated heterocycles. The van der Waals surface area contributed by atoms with Crippen LogP contribution in [0.4, 0.5) is 4.79 Å². The first-order valence-electron chi connectivity index (χ1n) is 9.58. The van der Waals surface area contributed by atoms with Crippen LogP contribution >= 0.6 is 22.6 Å². The Morgan fingerprint density at radius 3 is 2.61 bits per heavy atom. The number of amides is 1. The topological polar surface area (TPSA) is 62.7 Å². The second-order valence-electron chi connectivity index (χ2n) is 8.25. The SMILES string of the molecule is CC(C)(C)OC(=O)N1[C@H](Cc2ccc(I)cc2)CC[C@@H]1[C@H](O)c1cccnc1. The van der Waals surface area contributed by atoms with Crippen LogP contribution in [-0.4, -0.2) is 38.8 Å². The molecule has 1 aromatic carbocycles. The average Bonchev–Trinajstić information content (AvgIpc) is 3.06. The van der Waals surface area contributed by atoms with Crippen molar-refractivity contribution in [3.63, 3.8) is 0 Å². The molecule has 150 valence electrons. The number of rotatable bonds is 4. The van der Waals surface area contributed by atoms with Gasteiger partial charge in [0.1, 0.15) is 11.7 Å². The highest BCUT2D eigenvalue weighted by Crippen LogP contribution is 2.35. The molecule has 6 heteroatoms. The number of aliphatic hydroxyl groups is 1. The fourth-order valence-corrected chi connectivity index (χ4v) is 4.05. The number of aliphatic hydroxyl groups excluding tert-OH is 1. The van der Waals surface area contributed by atoms with E-state index in [4.69, 9.17) is 4.74 Å². The first-order valence-corrected chi connectivity index (χ1v) is 10.7. The number of carbonyl (C=O) groups excluding carboxylic acids is 1. The van der Waals surface area contributed by atoms with Crippen LogP contribution in [0.3, 0.4) is 0 Å². The summed E-state index contributed by atoms with van der Waals surface area (Å²) in [5, 5.41) is 11.0. The van der Waals surface area contributed by atoms with Crippen LogP contribution in [0.5, 0.6) is 0 Å². The van der Waals surface area contributed by atoms with Gasteiger partial charge in [0.2, 0.25) is 0 Å². The van der Waals surface area contributed by atoms with Gasteiger partial charge in [-0.05, 0) is 86.4 Å². The zero-order valence-corrected chi connectivity index (χ0v) is 18.7. The van der Waals surface area contributed by atoms with Crippen LogP contribution in [0, 0.1) is 3.57 Å². The maximum absolute atomic E-state index is 13.0. The van der Waals surface area contributed by atoms with E-state index in [1.54, 1.807) is 23.4 Å². The van der Waals surface area contributed by atoms with E-state index in [1.165, 1.54) is 9.13 Å². The molecule has 1 fully saturated rings. The summed E-state index contributed by atoms with van der Waals surface area (Å²) in [4.78, 5) is 18.9. The first kappa shape index (κ1) is 21.0. The van der Waals surface area contributed by atoms with E-state index < -0.39 is 11.7 Å². The Hall–Kier alpha value is -1.67. The van der Waals surface area contributed by atoms with Gasteiger partial charge in [0.25, 0.3) is 0 Å². The van der Waals surface area contributed by atoms with E-state index in [0.29, 0.717) is 0 Å². The summed E-state index contributed by atoms with van der Waals surface area (Å²) in [5.74, 6) is 0. The summed E-state index contributed by atoms with van der Waals surface area (Å²) in [7, 11) is 0. The molecule has 0 radical (unpaired) electrons. The van der Waals surface area contributed by atoms with Crippen LogP contribution in [-0.2, 0) is 11.2 Å². The number of halogens is 1. The second kappa shape index (κ2) is 8.78. The minimum atomic E-state index is -0.789. The lowest BCUT2D eigenvalue weighted by Gasteiger charge is -2.34. The second-order valence-corrected chi connectivity index (χ2v) is 9.49. The van der Waals surface area contributed by atoms with E-state index in [1.807, 2.05) is 26.8 Å². The van der Waals surface area contributed by atoms with Crippen molar-refractivity contribution in [2.75, 3.05) is 0 Å². The molecule has 1 N–H and O–H groups in total. The molecular weight excluding hydrogens is 467 g/mol. The number of hydrogen-bond acceptors (Lipinski definition) is 4. The zero-order chi connectivity index (χ0) is 20.3. The standard InChI is InChI=1S/C22H27IN2O3/c1-22(2,3)28-21(27)25-18(13-15-6-8-17(23)9-7-15)10-11-19(25)20(26)16-5-4-12-24-14-16/h4-9,12,14,18-20,26H,10-11,13H2,1-3H3/t18-,19+,20+/m0/s1. The van der Waals surface area contributed by atoms with Crippen molar-refractivity contribution in [2.45, 2.75) is 63.8 Å². The highest BCUT2D eigenvalue weighted by Gasteiger charge is 2.42. The maximum atomic E-state index is 13.0. The van der Waals surface area contributed by atoms with Crippen molar-refractivity contribution in [1.82, 2.24) is 9.88 Å². The summed E-state index contributed by atoms with van der Waals surface area (Å²) in [6.07, 6.45) is 4.47. The van der Waals surface area contributed by atoms with Gasteiger partial charge < -0.3 is 9.84 Å². The monoisotopic (exact) mass is 494 g/mol. The Balaban J connectivity index is 1.84. The minimum absolute atomic E-state index is 0.00812. The molecule has 2 aromatic rings. The Morgan fingerprint density at radius 1 is 1.29 bits per heavy atom. The Bertz CT molecular complexity index is 790. The van der Waals surface area contributed by atoms with Crippen LogP contribution in [0.1, 0.15) is 50.8 Å². The van der Waals surface area contributed by atoms with Crippen molar-refractivity contribution >= 4 is 28.7 Å². The summed E-state index contributed by atoms with van der Waals surface area (Å²) < 4.78 is 6.87. The lowest BCUT2D eigenvalue weighted by molar-refractivity contribution is -0.00458. The molecule has 0 saturated carbocycles. The molecule has 1 aliphatic rings. The lowest BCUT2D eigenvalue weighted by Crippen LogP contribution is -2.47. The van der Waals surface area contributed by atoms with Gasteiger partial charge in [0.05, 0.1) is 6.04 Å². The molecule has 1 aromatic heterocycles. The summed E-state index contributed by atoms with van der Waals surface area (Å²) in [6.45, 7) is 5.59. The highest BCUT2D eigenvalue weighted by molar-refractivity contribution is 14.1. The Labute approximate surface area is 180 Å². The molecule has 1 aliphatic heterocycles. The van der Waals surface area contributed by atoms with Gasteiger partial charge in [-0.15, -0.1) is 0 Å².